The highest BCUT2D eigenvalue weighted by molar-refractivity contribution is 5.94. The van der Waals surface area contributed by atoms with Gasteiger partial charge in [0.2, 0.25) is 0 Å². The molecule has 0 bridgehead atoms. The molecule has 4 atom stereocenters. The fraction of sp³-hybridized carbons (Fsp3) is 0.533. The zero-order valence-corrected chi connectivity index (χ0v) is 10.2. The molecule has 3 aliphatic carbocycles. The molecular weight excluding hydrogens is 212 g/mol. The van der Waals surface area contributed by atoms with Gasteiger partial charge in [0.25, 0.3) is 0 Å². The van der Waals surface area contributed by atoms with Crippen LogP contribution in [0.15, 0.2) is 35.1 Å². The Labute approximate surface area is 101 Å². The molecule has 0 aromatic rings. The summed E-state index contributed by atoms with van der Waals surface area (Å²) in [4.78, 5) is 11.6. The molecule has 0 aromatic carbocycles. The molecule has 0 N–H and O–H groups in total. The Hall–Kier alpha value is -1.31. The van der Waals surface area contributed by atoms with Gasteiger partial charge in [0.05, 0.1) is 0 Å². The van der Waals surface area contributed by atoms with Crippen LogP contribution in [0.3, 0.4) is 0 Å². The minimum atomic E-state index is -0.159. The third kappa shape index (κ3) is 0.958. The van der Waals surface area contributed by atoms with Crippen LogP contribution in [0.25, 0.3) is 0 Å². The summed E-state index contributed by atoms with van der Waals surface area (Å²) in [6.45, 7) is 8.47. The molecule has 88 valence electrons. The van der Waals surface area contributed by atoms with Crippen molar-refractivity contribution < 1.29 is 9.53 Å². The van der Waals surface area contributed by atoms with Crippen LogP contribution < -0.4 is 0 Å². The normalized spacial score (nSPS) is 46.2. The third-order valence-electron chi connectivity index (χ3n) is 5.37. The van der Waals surface area contributed by atoms with Gasteiger partial charge in [0.15, 0.2) is 0 Å². The van der Waals surface area contributed by atoms with Gasteiger partial charge in [-0.05, 0) is 49.0 Å². The summed E-state index contributed by atoms with van der Waals surface area (Å²) in [5, 5.41) is 0. The van der Waals surface area contributed by atoms with Crippen LogP contribution in [0.4, 0.5) is 0 Å². The first kappa shape index (κ1) is 9.69. The lowest BCUT2D eigenvalue weighted by atomic mass is 9.67. The first-order valence-corrected chi connectivity index (χ1v) is 6.36. The molecule has 2 saturated carbocycles. The van der Waals surface area contributed by atoms with Gasteiger partial charge in [-0.2, -0.15) is 0 Å². The summed E-state index contributed by atoms with van der Waals surface area (Å²) in [6, 6.07) is 0. The Morgan fingerprint density at radius 1 is 1.53 bits per heavy atom. The smallest absolute Gasteiger partial charge is 0.339 e. The van der Waals surface area contributed by atoms with Gasteiger partial charge >= 0.3 is 5.97 Å². The van der Waals surface area contributed by atoms with E-state index in [9.17, 15) is 4.79 Å². The number of hydrogen-bond donors (Lipinski definition) is 0. The number of fused-ring (bicyclic) bond motifs is 4. The Kier molecular flexibility index (Phi) is 1.47. The highest BCUT2D eigenvalue weighted by atomic mass is 16.5. The maximum absolute atomic E-state index is 11.6. The quantitative estimate of drug-likeness (QED) is 0.470. The fourth-order valence-electron chi connectivity index (χ4n) is 4.17. The summed E-state index contributed by atoms with van der Waals surface area (Å²) >= 11 is 0. The molecule has 4 rings (SSSR count). The number of carbonyl (C=O) groups is 1. The maximum Gasteiger partial charge on any atom is 0.339 e. The molecule has 0 radical (unpaired) electrons. The van der Waals surface area contributed by atoms with E-state index in [0.29, 0.717) is 5.92 Å². The van der Waals surface area contributed by atoms with Gasteiger partial charge in [-0.25, -0.2) is 4.79 Å². The van der Waals surface area contributed by atoms with Gasteiger partial charge in [0, 0.05) is 11.1 Å². The summed E-state index contributed by atoms with van der Waals surface area (Å²) in [5.74, 6) is 2.68. The number of rotatable bonds is 0. The van der Waals surface area contributed by atoms with E-state index in [2.05, 4.69) is 19.6 Å². The van der Waals surface area contributed by atoms with Crippen molar-refractivity contribution in [1.29, 1.82) is 0 Å². The van der Waals surface area contributed by atoms with E-state index in [1.807, 2.05) is 6.92 Å². The van der Waals surface area contributed by atoms with Crippen molar-refractivity contribution in [3.05, 3.63) is 35.1 Å². The molecule has 0 amide bonds. The zero-order chi connectivity index (χ0) is 11.9. The van der Waals surface area contributed by atoms with E-state index < -0.39 is 0 Å². The largest absolute Gasteiger partial charge is 0.423 e. The van der Waals surface area contributed by atoms with Crippen LogP contribution in [-0.4, -0.2) is 5.97 Å². The number of allylic oxidation sites excluding steroid dienone is 3. The third-order valence-corrected chi connectivity index (χ3v) is 5.37. The Bertz CT molecular complexity index is 537. The standard InChI is InChI=1S/C15H16O2/c1-7-9-4-12(9)15(3)6-13-10(5-11(7)15)8(2)14(16)17-13/h6,9,11-12H,1,4-5H2,2-3H3/t9-,11+,12-,15-/m1/s1. The molecule has 2 fully saturated rings. The number of esters is 1. The Balaban J connectivity index is 1.88. The van der Waals surface area contributed by atoms with Crippen LogP contribution in [0.1, 0.15) is 26.7 Å². The molecule has 2 nitrogen and oxygen atoms in total. The van der Waals surface area contributed by atoms with Gasteiger partial charge in [-0.15, -0.1) is 0 Å². The zero-order valence-electron chi connectivity index (χ0n) is 10.2. The summed E-state index contributed by atoms with van der Waals surface area (Å²) in [5.41, 5.74) is 3.52. The van der Waals surface area contributed by atoms with Crippen LogP contribution in [0, 0.1) is 23.2 Å². The molecule has 0 unspecified atom stereocenters. The molecule has 0 saturated heterocycles. The van der Waals surface area contributed by atoms with Gasteiger partial charge in [-0.1, -0.05) is 19.1 Å². The van der Waals surface area contributed by atoms with Crippen LogP contribution in [-0.2, 0) is 9.53 Å². The lowest BCUT2D eigenvalue weighted by molar-refractivity contribution is -0.133. The molecule has 17 heavy (non-hydrogen) atoms. The highest BCUT2D eigenvalue weighted by Crippen LogP contribution is 2.70. The second kappa shape index (κ2) is 2.58. The first-order chi connectivity index (χ1) is 8.02. The van der Waals surface area contributed by atoms with Crippen molar-refractivity contribution >= 4 is 5.97 Å². The highest BCUT2D eigenvalue weighted by Gasteiger charge is 2.63. The number of hydrogen-bond acceptors (Lipinski definition) is 2. The summed E-state index contributed by atoms with van der Waals surface area (Å²) in [6.07, 6.45) is 4.45. The topological polar surface area (TPSA) is 26.3 Å². The van der Waals surface area contributed by atoms with Crippen molar-refractivity contribution in [2.45, 2.75) is 26.7 Å². The molecule has 2 heteroatoms. The average molecular weight is 228 g/mol. The second-order valence-electron chi connectivity index (χ2n) is 6.15. The molecule has 0 aromatic heterocycles. The molecule has 0 spiro atoms. The Morgan fingerprint density at radius 3 is 3.06 bits per heavy atom. The van der Waals surface area contributed by atoms with E-state index in [0.717, 1.165) is 35.2 Å². The maximum atomic E-state index is 11.6. The molecule has 4 aliphatic rings. The van der Waals surface area contributed by atoms with Crippen LogP contribution >= 0.6 is 0 Å². The van der Waals surface area contributed by atoms with Gasteiger partial charge in [0.1, 0.15) is 5.76 Å². The minimum absolute atomic E-state index is 0.159. The van der Waals surface area contributed by atoms with E-state index in [1.54, 1.807) is 0 Å². The molecular formula is C15H16O2. The van der Waals surface area contributed by atoms with E-state index >= 15 is 0 Å². The van der Waals surface area contributed by atoms with Gasteiger partial charge in [-0.3, -0.25) is 0 Å². The fourth-order valence-corrected chi connectivity index (χ4v) is 4.17. The van der Waals surface area contributed by atoms with Crippen molar-refractivity contribution in [2.24, 2.45) is 23.2 Å². The number of carbonyl (C=O) groups excluding carboxylic acids is 1. The summed E-state index contributed by atoms with van der Waals surface area (Å²) in [7, 11) is 0. The predicted octanol–water partition coefficient (Wildman–Crippen LogP) is 2.98. The Morgan fingerprint density at radius 2 is 2.29 bits per heavy atom. The molecule has 1 aliphatic heterocycles. The van der Waals surface area contributed by atoms with Crippen molar-refractivity contribution in [2.75, 3.05) is 0 Å². The van der Waals surface area contributed by atoms with E-state index in [4.69, 9.17) is 4.74 Å². The van der Waals surface area contributed by atoms with Crippen molar-refractivity contribution in [3.8, 4) is 0 Å². The second-order valence-corrected chi connectivity index (χ2v) is 6.15. The summed E-state index contributed by atoms with van der Waals surface area (Å²) < 4.78 is 5.37. The monoisotopic (exact) mass is 228 g/mol. The minimum Gasteiger partial charge on any atom is -0.423 e. The van der Waals surface area contributed by atoms with E-state index in [-0.39, 0.29) is 11.4 Å². The molecule has 1 heterocycles. The number of ether oxygens (including phenoxy) is 1. The SMILES string of the molecule is C=C1[C@H]2C[C@H]2[C@]2(C)C=C3OC(=O)C(C)=C3C[C@@H]12. The van der Waals surface area contributed by atoms with Crippen molar-refractivity contribution in [1.82, 2.24) is 0 Å². The van der Waals surface area contributed by atoms with Crippen molar-refractivity contribution in [3.63, 3.8) is 0 Å². The van der Waals surface area contributed by atoms with Gasteiger partial charge < -0.3 is 4.74 Å². The predicted molar refractivity (Wildman–Crippen MR) is 63.8 cm³/mol. The lowest BCUT2D eigenvalue weighted by Gasteiger charge is -2.36. The van der Waals surface area contributed by atoms with E-state index in [1.165, 1.54) is 12.0 Å². The van der Waals surface area contributed by atoms with Crippen LogP contribution in [0.2, 0.25) is 0 Å². The first-order valence-electron chi connectivity index (χ1n) is 6.36. The van der Waals surface area contributed by atoms with Crippen LogP contribution in [0.5, 0.6) is 0 Å². The lowest BCUT2D eigenvalue weighted by Crippen LogP contribution is -2.29. The average Bonchev–Trinajstić information content (AvgIpc) is 2.99.